The molecule has 1 atom stereocenters. The molecular weight excluding hydrogens is 296 g/mol. The van der Waals surface area contributed by atoms with Gasteiger partial charge in [-0.3, -0.25) is 0 Å². The van der Waals surface area contributed by atoms with E-state index in [0.717, 1.165) is 11.1 Å². The molecule has 2 rings (SSSR count). The van der Waals surface area contributed by atoms with Crippen molar-refractivity contribution in [2.24, 2.45) is 5.41 Å². The number of aliphatic hydroxyl groups excluding tert-OH is 3. The lowest BCUT2D eigenvalue weighted by Gasteiger charge is -2.24. The van der Waals surface area contributed by atoms with Crippen LogP contribution in [-0.4, -0.2) is 41.1 Å². The predicted molar refractivity (Wildman–Crippen MR) is 88.5 cm³/mol. The third-order valence-electron chi connectivity index (χ3n) is 3.92. The largest absolute Gasteiger partial charge is 0.450 e. The lowest BCUT2D eigenvalue weighted by Crippen LogP contribution is -2.32. The molecule has 0 saturated heterocycles. The predicted octanol–water partition coefficient (Wildman–Crippen LogP) is 1.84. The van der Waals surface area contributed by atoms with E-state index in [1.54, 1.807) is 0 Å². The standard InChI is InChI=1S/C12H10O2.C6H14O3/c1-2-12(13)14-11-8-7-9-5-3-4-6-10(9)11;1-2-6(3-7,4-8)5-9/h2-8,11H,1H2;7-9H,2-5H2,1H3. The average molecular weight is 320 g/mol. The van der Waals surface area contributed by atoms with Crippen LogP contribution in [0.3, 0.4) is 0 Å². The minimum atomic E-state index is -0.667. The number of carbonyl (C=O) groups excluding carboxylic acids is 1. The van der Waals surface area contributed by atoms with E-state index in [1.807, 2.05) is 43.3 Å². The third kappa shape index (κ3) is 5.03. The van der Waals surface area contributed by atoms with E-state index >= 15 is 0 Å². The van der Waals surface area contributed by atoms with Gasteiger partial charge in [0.05, 0.1) is 19.8 Å². The molecule has 0 aromatic heterocycles. The quantitative estimate of drug-likeness (QED) is 0.550. The molecule has 0 amide bonds. The Hall–Kier alpha value is -1.95. The smallest absolute Gasteiger partial charge is 0.331 e. The molecule has 126 valence electrons. The summed E-state index contributed by atoms with van der Waals surface area (Å²) in [6.07, 6.45) is 5.34. The van der Waals surface area contributed by atoms with Gasteiger partial charge in [-0.25, -0.2) is 4.79 Å². The van der Waals surface area contributed by atoms with E-state index in [4.69, 9.17) is 20.1 Å². The van der Waals surface area contributed by atoms with Crippen LogP contribution in [-0.2, 0) is 9.53 Å². The van der Waals surface area contributed by atoms with Crippen molar-refractivity contribution in [3.05, 3.63) is 54.1 Å². The lowest BCUT2D eigenvalue weighted by atomic mass is 9.88. The Morgan fingerprint density at radius 3 is 2.35 bits per heavy atom. The van der Waals surface area contributed by atoms with E-state index in [9.17, 15) is 4.79 Å². The highest BCUT2D eigenvalue weighted by atomic mass is 16.5. The molecule has 1 aliphatic carbocycles. The van der Waals surface area contributed by atoms with Gasteiger partial charge in [-0.2, -0.15) is 0 Å². The zero-order chi connectivity index (χ0) is 17.3. The third-order valence-corrected chi connectivity index (χ3v) is 3.92. The van der Waals surface area contributed by atoms with Crippen molar-refractivity contribution < 1.29 is 24.9 Å². The van der Waals surface area contributed by atoms with Crippen LogP contribution in [0.2, 0.25) is 0 Å². The molecule has 3 N–H and O–H groups in total. The van der Waals surface area contributed by atoms with Crippen molar-refractivity contribution in [2.75, 3.05) is 19.8 Å². The molecular formula is C18H24O5. The van der Waals surface area contributed by atoms with Crippen LogP contribution in [0, 0.1) is 5.41 Å². The van der Waals surface area contributed by atoms with Crippen LogP contribution in [0.15, 0.2) is 43.0 Å². The first-order valence-electron chi connectivity index (χ1n) is 7.48. The fourth-order valence-electron chi connectivity index (χ4n) is 1.98. The highest BCUT2D eigenvalue weighted by Crippen LogP contribution is 2.30. The minimum absolute atomic E-state index is 0.156. The molecule has 5 nitrogen and oxygen atoms in total. The van der Waals surface area contributed by atoms with Gasteiger partial charge in [-0.1, -0.05) is 43.8 Å². The van der Waals surface area contributed by atoms with Gasteiger partial charge >= 0.3 is 5.97 Å². The molecule has 1 aromatic carbocycles. The number of rotatable bonds is 6. The molecule has 5 heteroatoms. The molecule has 1 aliphatic rings. The summed E-state index contributed by atoms with van der Waals surface area (Å²) in [6, 6.07) is 7.84. The highest BCUT2D eigenvalue weighted by Gasteiger charge is 2.24. The summed E-state index contributed by atoms with van der Waals surface area (Å²) in [6.45, 7) is 4.71. The molecule has 0 heterocycles. The Kier molecular flexibility index (Phi) is 7.68. The van der Waals surface area contributed by atoms with E-state index in [1.165, 1.54) is 6.08 Å². The van der Waals surface area contributed by atoms with Crippen LogP contribution in [0.25, 0.3) is 6.08 Å². The van der Waals surface area contributed by atoms with Gasteiger partial charge in [0, 0.05) is 17.1 Å². The van der Waals surface area contributed by atoms with Gasteiger partial charge in [0.1, 0.15) is 6.10 Å². The number of hydrogen-bond acceptors (Lipinski definition) is 5. The van der Waals surface area contributed by atoms with E-state index < -0.39 is 11.4 Å². The normalized spacial score (nSPS) is 15.4. The molecule has 1 aromatic rings. The minimum Gasteiger partial charge on any atom is -0.450 e. The summed E-state index contributed by atoms with van der Waals surface area (Å²) >= 11 is 0. The second-order valence-electron chi connectivity index (χ2n) is 5.38. The number of hydrogen-bond donors (Lipinski definition) is 3. The lowest BCUT2D eigenvalue weighted by molar-refractivity contribution is -0.141. The summed E-state index contributed by atoms with van der Waals surface area (Å²) < 4.78 is 5.14. The maximum atomic E-state index is 11.0. The van der Waals surface area contributed by atoms with Crippen molar-refractivity contribution in [3.8, 4) is 0 Å². The number of ether oxygens (including phenoxy) is 1. The monoisotopic (exact) mass is 320 g/mol. The Bertz CT molecular complexity index is 529. The van der Waals surface area contributed by atoms with Crippen molar-refractivity contribution in [3.63, 3.8) is 0 Å². The first-order chi connectivity index (χ1) is 11.1. The first-order valence-corrected chi connectivity index (χ1v) is 7.48. The van der Waals surface area contributed by atoms with Crippen molar-refractivity contribution in [2.45, 2.75) is 19.4 Å². The van der Waals surface area contributed by atoms with Gasteiger partial charge in [0.15, 0.2) is 0 Å². The summed E-state index contributed by atoms with van der Waals surface area (Å²) in [4.78, 5) is 11.0. The summed E-state index contributed by atoms with van der Waals surface area (Å²) in [5.74, 6) is -0.392. The van der Waals surface area contributed by atoms with Crippen LogP contribution < -0.4 is 0 Å². The second-order valence-corrected chi connectivity index (χ2v) is 5.38. The zero-order valence-electron chi connectivity index (χ0n) is 13.3. The summed E-state index contributed by atoms with van der Waals surface area (Å²) in [7, 11) is 0. The summed E-state index contributed by atoms with van der Waals surface area (Å²) in [5, 5.41) is 26.0. The fraction of sp³-hybridized carbons (Fsp3) is 0.389. The maximum absolute atomic E-state index is 11.0. The van der Waals surface area contributed by atoms with E-state index in [0.29, 0.717) is 6.42 Å². The summed E-state index contributed by atoms with van der Waals surface area (Å²) in [5.41, 5.74) is 1.47. The Morgan fingerprint density at radius 1 is 1.26 bits per heavy atom. The Morgan fingerprint density at radius 2 is 1.87 bits per heavy atom. The maximum Gasteiger partial charge on any atom is 0.331 e. The van der Waals surface area contributed by atoms with Gasteiger partial charge in [0.25, 0.3) is 0 Å². The first kappa shape index (κ1) is 19.1. The molecule has 1 unspecified atom stereocenters. The molecule has 0 bridgehead atoms. The second kappa shape index (κ2) is 9.25. The number of esters is 1. The van der Waals surface area contributed by atoms with Crippen molar-refractivity contribution in [1.82, 2.24) is 0 Å². The number of aliphatic hydroxyl groups is 3. The number of carbonyl (C=O) groups is 1. The van der Waals surface area contributed by atoms with E-state index in [2.05, 4.69) is 6.58 Å². The van der Waals surface area contributed by atoms with Gasteiger partial charge < -0.3 is 20.1 Å². The topological polar surface area (TPSA) is 87.0 Å². The van der Waals surface area contributed by atoms with Gasteiger partial charge in [-0.15, -0.1) is 0 Å². The van der Waals surface area contributed by atoms with Crippen LogP contribution >= 0.6 is 0 Å². The van der Waals surface area contributed by atoms with Crippen molar-refractivity contribution >= 4 is 12.0 Å². The van der Waals surface area contributed by atoms with E-state index in [-0.39, 0.29) is 25.9 Å². The van der Waals surface area contributed by atoms with Crippen LogP contribution in [0.5, 0.6) is 0 Å². The molecule has 0 aliphatic heterocycles. The highest BCUT2D eigenvalue weighted by molar-refractivity contribution is 5.82. The van der Waals surface area contributed by atoms with Gasteiger partial charge in [0.2, 0.25) is 0 Å². The average Bonchev–Trinajstić information content (AvgIpc) is 3.01. The SMILES string of the molecule is C=CC(=O)OC1C=Cc2ccccc21.CCC(CO)(CO)CO. The Labute approximate surface area is 136 Å². The zero-order valence-corrected chi connectivity index (χ0v) is 13.3. The molecule has 0 radical (unpaired) electrons. The fourth-order valence-corrected chi connectivity index (χ4v) is 1.98. The number of benzene rings is 1. The van der Waals surface area contributed by atoms with Gasteiger partial charge in [-0.05, 0) is 18.1 Å². The van der Waals surface area contributed by atoms with Crippen LogP contribution in [0.1, 0.15) is 30.6 Å². The molecule has 0 fully saturated rings. The molecule has 0 saturated carbocycles. The molecule has 0 spiro atoms. The van der Waals surface area contributed by atoms with Crippen molar-refractivity contribution in [1.29, 1.82) is 0 Å². The number of fused-ring (bicyclic) bond motifs is 1. The molecule has 23 heavy (non-hydrogen) atoms. The Balaban J connectivity index is 0.000000257. The van der Waals surface area contributed by atoms with Crippen LogP contribution in [0.4, 0.5) is 0 Å².